The van der Waals surface area contributed by atoms with Crippen LogP contribution in [0.4, 0.5) is 11.5 Å². The van der Waals surface area contributed by atoms with Gasteiger partial charge in [0, 0.05) is 24.8 Å². The highest BCUT2D eigenvalue weighted by Gasteiger charge is 2.23. The first kappa shape index (κ1) is 16.7. The fourth-order valence-corrected chi connectivity index (χ4v) is 2.31. The van der Waals surface area contributed by atoms with Crippen LogP contribution >= 0.6 is 0 Å². The molecular weight excluding hydrogens is 324 g/mol. The van der Waals surface area contributed by atoms with E-state index in [4.69, 9.17) is 4.74 Å². The quantitative estimate of drug-likeness (QED) is 0.591. The number of nitro benzene ring substituents is 1. The summed E-state index contributed by atoms with van der Waals surface area (Å²) in [4.78, 5) is 26.7. The van der Waals surface area contributed by atoms with E-state index < -0.39 is 4.92 Å². The van der Waals surface area contributed by atoms with Gasteiger partial charge in [-0.25, -0.2) is 4.98 Å². The number of carbonyl (C=O) groups is 1. The molecule has 8 nitrogen and oxygen atoms in total. The summed E-state index contributed by atoms with van der Waals surface area (Å²) < 4.78 is 4.98. The number of anilines is 1. The second-order valence-corrected chi connectivity index (χ2v) is 5.80. The summed E-state index contributed by atoms with van der Waals surface area (Å²) in [5.41, 5.74) is 1.16. The van der Waals surface area contributed by atoms with Gasteiger partial charge in [-0.3, -0.25) is 14.9 Å². The molecule has 0 atom stereocenters. The molecule has 8 heteroatoms. The number of nitrogens with zero attached hydrogens (tertiary/aromatic N) is 2. The number of hydrogen-bond acceptors (Lipinski definition) is 6. The fourth-order valence-electron chi connectivity index (χ4n) is 2.31. The molecule has 1 saturated carbocycles. The second kappa shape index (κ2) is 7.16. The largest absolute Gasteiger partial charge is 0.490 e. The molecule has 2 N–H and O–H groups in total. The van der Waals surface area contributed by atoms with E-state index in [1.54, 1.807) is 24.3 Å². The van der Waals surface area contributed by atoms with Gasteiger partial charge in [-0.15, -0.1) is 0 Å². The highest BCUT2D eigenvalue weighted by molar-refractivity contribution is 5.94. The average Bonchev–Trinajstić information content (AvgIpc) is 3.44. The Morgan fingerprint density at radius 2 is 2.16 bits per heavy atom. The number of rotatable bonds is 7. The molecule has 25 heavy (non-hydrogen) atoms. The van der Waals surface area contributed by atoms with E-state index in [-0.39, 0.29) is 17.3 Å². The number of benzene rings is 1. The van der Waals surface area contributed by atoms with Crippen LogP contribution in [0.1, 0.15) is 28.8 Å². The molecule has 1 aromatic carbocycles. The number of ether oxygens (including phenoxy) is 1. The highest BCUT2D eigenvalue weighted by atomic mass is 16.6. The number of amides is 1. The van der Waals surface area contributed by atoms with Crippen LogP contribution in [0.5, 0.6) is 5.75 Å². The van der Waals surface area contributed by atoms with Crippen LogP contribution in [0.3, 0.4) is 0 Å². The molecule has 1 amide bonds. The minimum Gasteiger partial charge on any atom is -0.490 e. The van der Waals surface area contributed by atoms with Gasteiger partial charge in [0.25, 0.3) is 5.91 Å². The first-order valence-corrected chi connectivity index (χ1v) is 7.89. The van der Waals surface area contributed by atoms with Gasteiger partial charge >= 0.3 is 5.69 Å². The third kappa shape index (κ3) is 4.23. The molecule has 1 fully saturated rings. The first-order chi connectivity index (χ1) is 12.1. The van der Waals surface area contributed by atoms with Crippen LogP contribution in [0, 0.1) is 10.1 Å². The summed E-state index contributed by atoms with van der Waals surface area (Å²) in [5, 5.41) is 17.0. The molecule has 0 saturated heterocycles. The summed E-state index contributed by atoms with van der Waals surface area (Å²) in [6.45, 7) is 0.367. The minimum atomic E-state index is -0.478. The summed E-state index contributed by atoms with van der Waals surface area (Å²) >= 11 is 0. The molecule has 0 spiro atoms. The van der Waals surface area contributed by atoms with Crippen LogP contribution < -0.4 is 15.4 Å². The van der Waals surface area contributed by atoms with E-state index in [1.807, 2.05) is 0 Å². The Labute approximate surface area is 144 Å². The van der Waals surface area contributed by atoms with E-state index in [2.05, 4.69) is 15.6 Å². The lowest BCUT2D eigenvalue weighted by atomic mass is 10.2. The normalized spacial score (nSPS) is 13.2. The SMILES string of the molecule is COc1ccc(CNc2ccc(C(=O)NC3CC3)cn2)cc1[N+](=O)[O-]. The van der Waals surface area contributed by atoms with Crippen molar-refractivity contribution in [1.82, 2.24) is 10.3 Å². The van der Waals surface area contributed by atoms with Crippen molar-refractivity contribution in [2.75, 3.05) is 12.4 Å². The summed E-state index contributed by atoms with van der Waals surface area (Å²) in [6, 6.07) is 8.48. The standard InChI is InChI=1S/C17H18N4O4/c1-25-15-6-2-11(8-14(15)21(23)24)9-18-16-7-3-12(10-19-16)17(22)20-13-4-5-13/h2-3,6-8,10,13H,4-5,9H2,1H3,(H,18,19)(H,20,22). The van der Waals surface area contributed by atoms with Crippen molar-refractivity contribution >= 4 is 17.4 Å². The number of hydrogen-bond donors (Lipinski definition) is 2. The van der Waals surface area contributed by atoms with E-state index >= 15 is 0 Å². The Morgan fingerprint density at radius 3 is 2.76 bits per heavy atom. The Morgan fingerprint density at radius 1 is 1.36 bits per heavy atom. The van der Waals surface area contributed by atoms with E-state index in [1.165, 1.54) is 19.4 Å². The third-order valence-electron chi connectivity index (χ3n) is 3.85. The van der Waals surface area contributed by atoms with Crippen molar-refractivity contribution < 1.29 is 14.5 Å². The molecule has 0 aliphatic heterocycles. The van der Waals surface area contributed by atoms with Crippen LogP contribution in [-0.2, 0) is 6.54 Å². The molecule has 0 radical (unpaired) electrons. The number of methoxy groups -OCH3 is 1. The maximum absolute atomic E-state index is 11.9. The lowest BCUT2D eigenvalue weighted by molar-refractivity contribution is -0.385. The Hall–Kier alpha value is -3.16. The molecule has 1 heterocycles. The second-order valence-electron chi connectivity index (χ2n) is 5.80. The summed E-state index contributed by atoms with van der Waals surface area (Å²) in [7, 11) is 1.39. The minimum absolute atomic E-state index is 0.0816. The van der Waals surface area contributed by atoms with Gasteiger partial charge in [0.1, 0.15) is 5.82 Å². The van der Waals surface area contributed by atoms with Crippen LogP contribution in [0.25, 0.3) is 0 Å². The molecule has 130 valence electrons. The van der Waals surface area contributed by atoms with Crippen molar-refractivity contribution in [2.45, 2.75) is 25.4 Å². The highest BCUT2D eigenvalue weighted by Crippen LogP contribution is 2.27. The third-order valence-corrected chi connectivity index (χ3v) is 3.85. The fraction of sp³-hybridized carbons (Fsp3) is 0.294. The van der Waals surface area contributed by atoms with Crippen LogP contribution in [-0.4, -0.2) is 29.0 Å². The number of nitro groups is 1. The first-order valence-electron chi connectivity index (χ1n) is 7.89. The monoisotopic (exact) mass is 342 g/mol. The zero-order chi connectivity index (χ0) is 17.8. The van der Waals surface area contributed by atoms with Gasteiger partial charge in [0.15, 0.2) is 5.75 Å². The Balaban J connectivity index is 1.62. The van der Waals surface area contributed by atoms with Crippen molar-refractivity contribution in [3.8, 4) is 5.75 Å². The van der Waals surface area contributed by atoms with E-state index in [9.17, 15) is 14.9 Å². The van der Waals surface area contributed by atoms with Crippen molar-refractivity contribution in [3.05, 3.63) is 57.8 Å². The predicted octanol–water partition coefficient (Wildman–Crippen LogP) is 2.50. The smallest absolute Gasteiger partial charge is 0.311 e. The molecule has 1 aliphatic carbocycles. The molecule has 2 aromatic rings. The average molecular weight is 342 g/mol. The van der Waals surface area contributed by atoms with Gasteiger partial charge in [-0.2, -0.15) is 0 Å². The Kier molecular flexibility index (Phi) is 4.78. The van der Waals surface area contributed by atoms with Crippen LogP contribution in [0.15, 0.2) is 36.5 Å². The summed E-state index contributed by atoms with van der Waals surface area (Å²) in [5.74, 6) is 0.687. The zero-order valence-electron chi connectivity index (χ0n) is 13.7. The number of nitrogens with one attached hydrogen (secondary N) is 2. The Bertz CT molecular complexity index is 788. The number of carbonyl (C=O) groups excluding carboxylic acids is 1. The maximum atomic E-state index is 11.9. The van der Waals surface area contributed by atoms with Crippen molar-refractivity contribution in [2.24, 2.45) is 0 Å². The molecule has 1 aromatic heterocycles. The van der Waals surface area contributed by atoms with Gasteiger partial charge in [0.05, 0.1) is 17.6 Å². The summed E-state index contributed by atoms with van der Waals surface area (Å²) in [6.07, 6.45) is 3.58. The van der Waals surface area contributed by atoms with E-state index in [0.717, 1.165) is 18.4 Å². The number of aromatic nitrogens is 1. The lowest BCUT2D eigenvalue weighted by Crippen LogP contribution is -2.25. The van der Waals surface area contributed by atoms with Crippen molar-refractivity contribution in [1.29, 1.82) is 0 Å². The van der Waals surface area contributed by atoms with Gasteiger partial charge < -0.3 is 15.4 Å². The van der Waals surface area contributed by atoms with Gasteiger partial charge in [0.2, 0.25) is 0 Å². The van der Waals surface area contributed by atoms with Gasteiger partial charge in [-0.1, -0.05) is 6.07 Å². The topological polar surface area (TPSA) is 106 Å². The molecule has 0 bridgehead atoms. The lowest BCUT2D eigenvalue weighted by Gasteiger charge is -2.08. The number of pyridine rings is 1. The molecule has 1 aliphatic rings. The van der Waals surface area contributed by atoms with Crippen LogP contribution in [0.2, 0.25) is 0 Å². The molecule has 0 unspecified atom stereocenters. The zero-order valence-corrected chi connectivity index (χ0v) is 13.7. The molecular formula is C17H18N4O4. The van der Waals surface area contributed by atoms with Gasteiger partial charge in [-0.05, 0) is 36.6 Å². The molecule has 3 rings (SSSR count). The van der Waals surface area contributed by atoms with E-state index in [0.29, 0.717) is 24.0 Å². The maximum Gasteiger partial charge on any atom is 0.311 e. The van der Waals surface area contributed by atoms with Crippen molar-refractivity contribution in [3.63, 3.8) is 0 Å². The predicted molar refractivity (Wildman–Crippen MR) is 91.7 cm³/mol.